The monoisotopic (exact) mass is 256 g/mol. The van der Waals surface area contributed by atoms with Gasteiger partial charge in [-0.05, 0) is 6.07 Å². The number of amides is 1. The van der Waals surface area contributed by atoms with Crippen molar-refractivity contribution in [2.75, 3.05) is 13.6 Å². The summed E-state index contributed by atoms with van der Waals surface area (Å²) in [6, 6.07) is 7.68. The molecule has 1 unspecified atom stereocenters. The van der Waals surface area contributed by atoms with Crippen LogP contribution in [0.2, 0.25) is 0 Å². The summed E-state index contributed by atoms with van der Waals surface area (Å²) in [5.41, 5.74) is 2.02. The summed E-state index contributed by atoms with van der Waals surface area (Å²) >= 11 is 0. The number of Topliss-reactive ketones (excluding diaryl/α,β-unsaturated/α-hetero) is 1. The number of para-hydroxylation sites is 1. The van der Waals surface area contributed by atoms with Crippen molar-refractivity contribution < 1.29 is 9.59 Å². The second-order valence-corrected chi connectivity index (χ2v) is 5.25. The molecule has 1 aromatic carbocycles. The maximum Gasteiger partial charge on any atom is 0.271 e. The summed E-state index contributed by atoms with van der Waals surface area (Å²) in [6.07, 6.45) is 0. The molecule has 1 atom stereocenters. The van der Waals surface area contributed by atoms with Gasteiger partial charge in [0.05, 0.1) is 5.56 Å². The summed E-state index contributed by atoms with van der Waals surface area (Å²) in [5.74, 6) is -0.183. The van der Waals surface area contributed by atoms with E-state index in [-0.39, 0.29) is 17.6 Å². The van der Waals surface area contributed by atoms with Crippen LogP contribution in [0.5, 0.6) is 0 Å². The summed E-state index contributed by atoms with van der Waals surface area (Å²) in [6.45, 7) is 2.35. The summed E-state index contributed by atoms with van der Waals surface area (Å²) < 4.78 is 1.83. The Labute approximate surface area is 111 Å². The zero-order valence-electron chi connectivity index (χ0n) is 11.3. The highest BCUT2D eigenvalue weighted by molar-refractivity contribution is 6.18. The predicted octanol–water partition coefficient (Wildman–Crippen LogP) is 2.08. The first-order chi connectivity index (χ1) is 9.02. The van der Waals surface area contributed by atoms with Gasteiger partial charge < -0.3 is 9.47 Å². The van der Waals surface area contributed by atoms with Crippen molar-refractivity contribution in [3.05, 3.63) is 35.5 Å². The number of hydrogen-bond acceptors (Lipinski definition) is 2. The van der Waals surface area contributed by atoms with Gasteiger partial charge in [0.2, 0.25) is 0 Å². The van der Waals surface area contributed by atoms with Gasteiger partial charge in [-0.25, -0.2) is 0 Å². The fourth-order valence-corrected chi connectivity index (χ4v) is 2.90. The highest BCUT2D eigenvalue weighted by Crippen LogP contribution is 2.30. The minimum absolute atomic E-state index is 0.0597. The smallest absolute Gasteiger partial charge is 0.271 e. The van der Waals surface area contributed by atoms with Gasteiger partial charge in [-0.15, -0.1) is 0 Å². The van der Waals surface area contributed by atoms with E-state index < -0.39 is 0 Å². The van der Waals surface area contributed by atoms with Crippen molar-refractivity contribution in [2.45, 2.75) is 6.92 Å². The molecule has 19 heavy (non-hydrogen) atoms. The van der Waals surface area contributed by atoms with Gasteiger partial charge in [0.25, 0.3) is 5.91 Å². The number of nitrogens with zero attached hydrogens (tertiary/aromatic N) is 2. The average Bonchev–Trinajstić information content (AvgIpc) is 2.66. The second-order valence-electron chi connectivity index (χ2n) is 5.25. The van der Waals surface area contributed by atoms with E-state index in [9.17, 15) is 9.59 Å². The minimum Gasteiger partial charge on any atom is -0.340 e. The highest BCUT2D eigenvalue weighted by atomic mass is 16.2. The lowest BCUT2D eigenvalue weighted by Gasteiger charge is -2.17. The van der Waals surface area contributed by atoms with Crippen LogP contribution in [0.4, 0.5) is 0 Å². The lowest BCUT2D eigenvalue weighted by Crippen LogP contribution is -2.30. The number of fused-ring (bicyclic) bond motifs is 3. The zero-order chi connectivity index (χ0) is 13.7. The van der Waals surface area contributed by atoms with Gasteiger partial charge in [-0.3, -0.25) is 9.59 Å². The molecule has 2 aromatic rings. The molecular weight excluding hydrogens is 240 g/mol. The Bertz CT molecular complexity index is 699. The highest BCUT2D eigenvalue weighted by Gasteiger charge is 2.34. The predicted molar refractivity (Wildman–Crippen MR) is 73.4 cm³/mol. The number of aromatic nitrogens is 1. The van der Waals surface area contributed by atoms with E-state index in [0.29, 0.717) is 17.8 Å². The summed E-state index contributed by atoms with van der Waals surface area (Å²) in [4.78, 5) is 26.7. The van der Waals surface area contributed by atoms with Crippen molar-refractivity contribution in [3.63, 3.8) is 0 Å². The molecule has 98 valence electrons. The van der Waals surface area contributed by atoms with Crippen LogP contribution < -0.4 is 0 Å². The molecule has 0 spiro atoms. The summed E-state index contributed by atoms with van der Waals surface area (Å²) in [7, 11) is 3.59. The van der Waals surface area contributed by atoms with E-state index in [4.69, 9.17) is 0 Å². The van der Waals surface area contributed by atoms with Crippen molar-refractivity contribution in [1.29, 1.82) is 0 Å². The average molecular weight is 256 g/mol. The quantitative estimate of drug-likeness (QED) is 0.724. The standard InChI is InChI=1S/C15H16N2O2/c1-9-8-16(2)15(19)13-12(14(9)18)10-6-4-5-7-11(10)17(13)3/h4-7,9H,8H2,1-3H3. The first-order valence-electron chi connectivity index (χ1n) is 6.39. The van der Waals surface area contributed by atoms with Crippen LogP contribution in [0.3, 0.4) is 0 Å². The van der Waals surface area contributed by atoms with E-state index in [0.717, 1.165) is 10.9 Å². The molecule has 1 amide bonds. The number of carbonyl (C=O) groups is 2. The number of ketones is 1. The minimum atomic E-state index is -0.166. The molecule has 3 rings (SSSR count). The Kier molecular flexibility index (Phi) is 2.49. The topological polar surface area (TPSA) is 42.3 Å². The Morgan fingerprint density at radius 2 is 1.84 bits per heavy atom. The molecule has 2 heterocycles. The lowest BCUT2D eigenvalue weighted by molar-refractivity contribution is 0.0767. The molecule has 1 aromatic heterocycles. The van der Waals surface area contributed by atoms with Crippen LogP contribution in [0.1, 0.15) is 27.8 Å². The van der Waals surface area contributed by atoms with Crippen molar-refractivity contribution in [1.82, 2.24) is 9.47 Å². The zero-order valence-corrected chi connectivity index (χ0v) is 11.3. The van der Waals surface area contributed by atoms with E-state index in [1.54, 1.807) is 11.9 Å². The third-order valence-electron chi connectivity index (χ3n) is 3.90. The number of aryl methyl sites for hydroxylation is 1. The van der Waals surface area contributed by atoms with Gasteiger partial charge in [0.1, 0.15) is 5.69 Å². The molecule has 0 aliphatic carbocycles. The Balaban J connectivity index is 2.43. The fourth-order valence-electron chi connectivity index (χ4n) is 2.90. The molecule has 0 radical (unpaired) electrons. The number of carbonyl (C=O) groups excluding carboxylic acids is 2. The molecule has 0 bridgehead atoms. The Morgan fingerprint density at radius 3 is 2.58 bits per heavy atom. The van der Waals surface area contributed by atoms with Crippen molar-refractivity contribution in [3.8, 4) is 0 Å². The van der Waals surface area contributed by atoms with Crippen LogP contribution in [-0.4, -0.2) is 34.7 Å². The molecule has 0 saturated carbocycles. The maximum absolute atomic E-state index is 12.6. The number of benzene rings is 1. The van der Waals surface area contributed by atoms with E-state index in [1.807, 2.05) is 42.8 Å². The van der Waals surface area contributed by atoms with Gasteiger partial charge >= 0.3 is 0 Å². The van der Waals surface area contributed by atoms with Crippen LogP contribution in [0, 0.1) is 5.92 Å². The van der Waals surface area contributed by atoms with E-state index in [1.165, 1.54) is 0 Å². The Hall–Kier alpha value is -2.10. The van der Waals surface area contributed by atoms with Gasteiger partial charge in [0.15, 0.2) is 5.78 Å². The fraction of sp³-hybridized carbons (Fsp3) is 0.333. The van der Waals surface area contributed by atoms with Crippen molar-refractivity contribution >= 4 is 22.6 Å². The molecule has 4 heteroatoms. The number of rotatable bonds is 0. The first-order valence-corrected chi connectivity index (χ1v) is 6.39. The van der Waals surface area contributed by atoms with Crippen LogP contribution in [0.25, 0.3) is 10.9 Å². The Morgan fingerprint density at radius 1 is 1.16 bits per heavy atom. The SMILES string of the molecule is CC1CN(C)C(=O)c2c(c3ccccc3n2C)C1=O. The second kappa shape index (κ2) is 3.95. The molecule has 1 aliphatic heterocycles. The molecule has 0 saturated heterocycles. The van der Waals surface area contributed by atoms with Crippen LogP contribution in [-0.2, 0) is 7.05 Å². The van der Waals surface area contributed by atoms with Crippen molar-refractivity contribution in [2.24, 2.45) is 13.0 Å². The first kappa shape index (κ1) is 12.0. The third kappa shape index (κ3) is 1.52. The molecule has 0 N–H and O–H groups in total. The van der Waals surface area contributed by atoms with Crippen LogP contribution in [0.15, 0.2) is 24.3 Å². The molecule has 1 aliphatic rings. The maximum atomic E-state index is 12.6. The van der Waals surface area contributed by atoms with E-state index >= 15 is 0 Å². The van der Waals surface area contributed by atoms with Crippen LogP contribution >= 0.6 is 0 Å². The molecular formula is C15H16N2O2. The number of hydrogen-bond donors (Lipinski definition) is 0. The van der Waals surface area contributed by atoms with Gasteiger partial charge in [0, 0.05) is 37.5 Å². The molecule has 0 fully saturated rings. The third-order valence-corrected chi connectivity index (χ3v) is 3.90. The summed E-state index contributed by atoms with van der Waals surface area (Å²) in [5, 5.41) is 0.875. The largest absolute Gasteiger partial charge is 0.340 e. The lowest BCUT2D eigenvalue weighted by atomic mass is 9.98. The van der Waals surface area contributed by atoms with E-state index in [2.05, 4.69) is 0 Å². The van der Waals surface area contributed by atoms with Gasteiger partial charge in [-0.1, -0.05) is 25.1 Å². The normalized spacial score (nSPS) is 19.7. The molecule has 4 nitrogen and oxygen atoms in total. The van der Waals surface area contributed by atoms with Gasteiger partial charge in [-0.2, -0.15) is 0 Å².